The van der Waals surface area contributed by atoms with E-state index in [2.05, 4.69) is 11.9 Å². The van der Waals surface area contributed by atoms with E-state index in [1.807, 2.05) is 41.8 Å². The van der Waals surface area contributed by atoms with E-state index >= 15 is 0 Å². The van der Waals surface area contributed by atoms with Crippen molar-refractivity contribution in [3.8, 4) is 11.5 Å². The van der Waals surface area contributed by atoms with Gasteiger partial charge in [-0.15, -0.1) is 0 Å². The Hall–Kier alpha value is -2.64. The number of benzene rings is 2. The number of aromatic nitrogens is 1. The van der Waals surface area contributed by atoms with Crippen LogP contribution >= 0.6 is 11.3 Å². The number of methoxy groups -OCH3 is 1. The molecule has 0 radical (unpaired) electrons. The number of thiazole rings is 1. The molecule has 1 aromatic heterocycles. The van der Waals surface area contributed by atoms with Crippen LogP contribution in [0.2, 0.25) is 0 Å². The molecule has 2 aromatic carbocycles. The summed E-state index contributed by atoms with van der Waals surface area (Å²) in [5, 5.41) is 0. The zero-order valence-electron chi connectivity index (χ0n) is 17.7. The van der Waals surface area contributed by atoms with Gasteiger partial charge in [0.1, 0.15) is 17.0 Å². The van der Waals surface area contributed by atoms with Crippen LogP contribution in [0.4, 0.5) is 0 Å². The van der Waals surface area contributed by atoms with E-state index in [1.165, 1.54) is 11.3 Å². The first-order chi connectivity index (χ1) is 14.7. The summed E-state index contributed by atoms with van der Waals surface area (Å²) in [6.07, 6.45) is 2.09. The first-order valence-electron chi connectivity index (χ1n) is 10.2. The number of carbonyl (C=O) groups is 1. The number of para-hydroxylation sites is 1. The van der Waals surface area contributed by atoms with Gasteiger partial charge in [0.25, 0.3) is 5.91 Å². The fraction of sp³-hybridized carbons (Fsp3) is 0.391. The van der Waals surface area contributed by atoms with Gasteiger partial charge in [-0.2, -0.15) is 4.99 Å². The Bertz CT molecular complexity index is 1040. The summed E-state index contributed by atoms with van der Waals surface area (Å²) in [7, 11) is 1.64. The first kappa shape index (κ1) is 22.1. The van der Waals surface area contributed by atoms with Gasteiger partial charge in [0.05, 0.1) is 25.0 Å². The number of ether oxygens (including phenoxy) is 3. The minimum absolute atomic E-state index is 0.286. The van der Waals surface area contributed by atoms with Crippen molar-refractivity contribution in [1.82, 2.24) is 4.57 Å². The number of hydrogen-bond acceptors (Lipinski definition) is 5. The molecule has 1 amide bonds. The number of unbranched alkanes of at least 4 members (excludes halogenated alkanes) is 1. The van der Waals surface area contributed by atoms with Crippen LogP contribution in [-0.2, 0) is 11.3 Å². The molecule has 6 nitrogen and oxygen atoms in total. The standard InChI is InChI=1S/C23H28N2O4S/c1-4-6-15-29-18-12-10-17(11-13-18)22(26)24-23-25(14-16-28-5-2)21-19(27-3)8-7-9-20(21)30-23/h7-13H,4-6,14-16H2,1-3H3. The molecule has 0 fully saturated rings. The molecule has 0 aliphatic rings. The van der Waals surface area contributed by atoms with Gasteiger partial charge >= 0.3 is 0 Å². The third-order valence-corrected chi connectivity index (χ3v) is 5.66. The summed E-state index contributed by atoms with van der Waals surface area (Å²) in [5.74, 6) is 1.23. The Kier molecular flexibility index (Phi) is 8.04. The van der Waals surface area contributed by atoms with Gasteiger partial charge in [-0.1, -0.05) is 30.7 Å². The highest BCUT2D eigenvalue weighted by Crippen LogP contribution is 2.27. The molecule has 0 saturated carbocycles. The van der Waals surface area contributed by atoms with Crippen molar-refractivity contribution in [1.29, 1.82) is 0 Å². The molecule has 160 valence electrons. The normalized spacial score (nSPS) is 11.8. The van der Waals surface area contributed by atoms with Crippen LogP contribution in [-0.4, -0.2) is 37.4 Å². The highest BCUT2D eigenvalue weighted by atomic mass is 32.1. The summed E-state index contributed by atoms with van der Waals surface area (Å²) in [6, 6.07) is 13.0. The van der Waals surface area contributed by atoms with Crippen molar-refractivity contribution in [2.45, 2.75) is 33.2 Å². The first-order valence-corrected chi connectivity index (χ1v) is 11.1. The maximum atomic E-state index is 12.8. The van der Waals surface area contributed by atoms with E-state index in [1.54, 1.807) is 19.2 Å². The van der Waals surface area contributed by atoms with E-state index in [0.717, 1.165) is 34.6 Å². The summed E-state index contributed by atoms with van der Waals surface area (Å²) in [6.45, 7) is 6.52. The van der Waals surface area contributed by atoms with Gasteiger partial charge in [0.2, 0.25) is 0 Å². The van der Waals surface area contributed by atoms with Gasteiger partial charge in [-0.05, 0) is 49.7 Å². The van der Waals surface area contributed by atoms with Crippen molar-refractivity contribution in [2.75, 3.05) is 26.9 Å². The zero-order chi connectivity index (χ0) is 21.3. The Balaban J connectivity index is 1.92. The molecule has 0 saturated heterocycles. The van der Waals surface area contributed by atoms with Gasteiger partial charge in [0, 0.05) is 18.7 Å². The van der Waals surface area contributed by atoms with E-state index in [0.29, 0.717) is 36.7 Å². The second-order valence-electron chi connectivity index (χ2n) is 6.68. The third kappa shape index (κ3) is 5.29. The van der Waals surface area contributed by atoms with Crippen LogP contribution in [0.5, 0.6) is 11.5 Å². The highest BCUT2D eigenvalue weighted by molar-refractivity contribution is 7.16. The van der Waals surface area contributed by atoms with Crippen LogP contribution in [0.3, 0.4) is 0 Å². The molecular weight excluding hydrogens is 400 g/mol. The van der Waals surface area contributed by atoms with Crippen LogP contribution < -0.4 is 14.3 Å². The molecule has 0 N–H and O–H groups in total. The Morgan fingerprint density at radius 2 is 1.90 bits per heavy atom. The van der Waals surface area contributed by atoms with Crippen molar-refractivity contribution in [3.63, 3.8) is 0 Å². The van der Waals surface area contributed by atoms with Crippen LogP contribution in [0.15, 0.2) is 47.5 Å². The van der Waals surface area contributed by atoms with Gasteiger partial charge in [-0.3, -0.25) is 4.79 Å². The average molecular weight is 429 g/mol. The number of hydrogen-bond donors (Lipinski definition) is 0. The van der Waals surface area contributed by atoms with Crippen molar-refractivity contribution < 1.29 is 19.0 Å². The fourth-order valence-electron chi connectivity index (χ4n) is 3.03. The Morgan fingerprint density at radius 1 is 1.10 bits per heavy atom. The van der Waals surface area contributed by atoms with Crippen molar-refractivity contribution >= 4 is 27.5 Å². The molecule has 0 aliphatic carbocycles. The molecule has 0 unspecified atom stereocenters. The number of rotatable bonds is 10. The fourth-order valence-corrected chi connectivity index (χ4v) is 4.11. The molecule has 7 heteroatoms. The molecule has 1 heterocycles. The molecule has 0 bridgehead atoms. The van der Waals surface area contributed by atoms with Gasteiger partial charge < -0.3 is 18.8 Å². The summed E-state index contributed by atoms with van der Waals surface area (Å²) < 4.78 is 19.7. The maximum Gasteiger partial charge on any atom is 0.279 e. The zero-order valence-corrected chi connectivity index (χ0v) is 18.5. The highest BCUT2D eigenvalue weighted by Gasteiger charge is 2.13. The maximum absolute atomic E-state index is 12.8. The Morgan fingerprint density at radius 3 is 2.60 bits per heavy atom. The Labute approximate surface area is 180 Å². The topological polar surface area (TPSA) is 62.0 Å². The SMILES string of the molecule is CCCCOc1ccc(C(=O)N=c2sc3cccc(OC)c3n2CCOCC)cc1. The molecule has 0 atom stereocenters. The van der Waals surface area contributed by atoms with Crippen LogP contribution in [0.1, 0.15) is 37.0 Å². The number of amides is 1. The molecule has 0 aliphatic heterocycles. The number of carbonyl (C=O) groups excluding carboxylic acids is 1. The largest absolute Gasteiger partial charge is 0.495 e. The van der Waals surface area contributed by atoms with Crippen LogP contribution in [0, 0.1) is 0 Å². The summed E-state index contributed by atoms with van der Waals surface area (Å²) in [4.78, 5) is 17.9. The van der Waals surface area contributed by atoms with Crippen molar-refractivity contribution in [3.05, 3.63) is 52.8 Å². The number of fused-ring (bicyclic) bond motifs is 1. The molecular formula is C23H28N2O4S. The minimum Gasteiger partial charge on any atom is -0.495 e. The second kappa shape index (κ2) is 10.9. The van der Waals surface area contributed by atoms with E-state index < -0.39 is 0 Å². The summed E-state index contributed by atoms with van der Waals surface area (Å²) >= 11 is 1.47. The molecule has 3 aromatic rings. The van der Waals surface area contributed by atoms with E-state index in [4.69, 9.17) is 14.2 Å². The molecule has 30 heavy (non-hydrogen) atoms. The van der Waals surface area contributed by atoms with E-state index in [9.17, 15) is 4.79 Å². The number of nitrogens with zero attached hydrogens (tertiary/aromatic N) is 2. The lowest BCUT2D eigenvalue weighted by Crippen LogP contribution is -2.20. The molecule has 0 spiro atoms. The predicted molar refractivity (Wildman–Crippen MR) is 120 cm³/mol. The lowest BCUT2D eigenvalue weighted by atomic mass is 10.2. The third-order valence-electron chi connectivity index (χ3n) is 4.61. The van der Waals surface area contributed by atoms with E-state index in [-0.39, 0.29) is 5.91 Å². The second-order valence-corrected chi connectivity index (χ2v) is 7.69. The smallest absolute Gasteiger partial charge is 0.279 e. The van der Waals surface area contributed by atoms with Crippen molar-refractivity contribution in [2.24, 2.45) is 4.99 Å². The predicted octanol–water partition coefficient (Wildman–Crippen LogP) is 4.67. The minimum atomic E-state index is -0.286. The van der Waals surface area contributed by atoms with Gasteiger partial charge in [-0.25, -0.2) is 0 Å². The molecule has 3 rings (SSSR count). The van der Waals surface area contributed by atoms with Gasteiger partial charge in [0.15, 0.2) is 4.80 Å². The lowest BCUT2D eigenvalue weighted by molar-refractivity contribution is 0.0996. The average Bonchev–Trinajstić information content (AvgIpc) is 3.11. The monoisotopic (exact) mass is 428 g/mol. The summed E-state index contributed by atoms with van der Waals surface area (Å²) in [5.41, 5.74) is 1.45. The quantitative estimate of drug-likeness (QED) is 0.440. The lowest BCUT2D eigenvalue weighted by Gasteiger charge is -2.08. The van der Waals surface area contributed by atoms with Crippen LogP contribution in [0.25, 0.3) is 10.2 Å².